The number of carboxylic acids is 1. The Morgan fingerprint density at radius 1 is 1.50 bits per heavy atom. The second-order valence-corrected chi connectivity index (χ2v) is 3.47. The largest absolute Gasteiger partial charge is 0.479 e. The predicted octanol–water partition coefficient (Wildman–Crippen LogP) is 0.251. The van der Waals surface area contributed by atoms with Gasteiger partial charge in [0, 0.05) is 20.1 Å². The molecule has 0 radical (unpaired) electrons. The quantitative estimate of drug-likeness (QED) is 0.769. The number of halogens is 3. The molecule has 1 aliphatic heterocycles. The third kappa shape index (κ3) is 1.84. The molecule has 1 unspecified atom stereocenters. The zero-order valence-corrected chi connectivity index (χ0v) is 8.37. The topological polar surface area (TPSA) is 66.8 Å². The van der Waals surface area contributed by atoms with Crippen LogP contribution >= 0.6 is 0 Å². The maximum Gasteiger partial charge on any atom is 0.471 e. The Bertz CT molecular complexity index is 317. The fourth-order valence-electron chi connectivity index (χ4n) is 1.62. The van der Waals surface area contributed by atoms with E-state index in [-0.39, 0.29) is 13.0 Å². The summed E-state index contributed by atoms with van der Waals surface area (Å²) in [7, 11) is 1.17. The minimum Gasteiger partial charge on any atom is -0.479 e. The van der Waals surface area contributed by atoms with E-state index in [1.807, 2.05) is 0 Å². The number of amides is 1. The van der Waals surface area contributed by atoms with E-state index in [4.69, 9.17) is 5.11 Å². The second-order valence-electron chi connectivity index (χ2n) is 3.47. The van der Waals surface area contributed by atoms with E-state index in [2.05, 4.69) is 4.74 Å². The molecule has 5 nitrogen and oxygen atoms in total. The predicted molar refractivity (Wildman–Crippen MR) is 44.6 cm³/mol. The number of alkyl halides is 3. The number of rotatable bonds is 3. The number of aliphatic carboxylic acids is 1. The first-order chi connectivity index (χ1) is 7.25. The van der Waals surface area contributed by atoms with E-state index in [9.17, 15) is 22.8 Å². The van der Waals surface area contributed by atoms with E-state index in [0.717, 1.165) is 0 Å². The molecule has 0 aromatic carbocycles. The summed E-state index contributed by atoms with van der Waals surface area (Å²) in [6, 6.07) is 0. The van der Waals surface area contributed by atoms with Crippen molar-refractivity contribution in [2.45, 2.75) is 18.1 Å². The second kappa shape index (κ2) is 3.93. The smallest absolute Gasteiger partial charge is 0.471 e. The Morgan fingerprint density at radius 2 is 2.06 bits per heavy atom. The molecule has 16 heavy (non-hydrogen) atoms. The van der Waals surface area contributed by atoms with Gasteiger partial charge >= 0.3 is 18.1 Å². The average molecular weight is 241 g/mol. The van der Waals surface area contributed by atoms with Crippen molar-refractivity contribution < 1.29 is 32.6 Å². The van der Waals surface area contributed by atoms with E-state index in [1.54, 1.807) is 0 Å². The molecule has 1 heterocycles. The van der Waals surface area contributed by atoms with E-state index >= 15 is 0 Å². The number of nitrogens with zero attached hydrogens (tertiary/aromatic N) is 1. The molecule has 0 aliphatic carbocycles. The van der Waals surface area contributed by atoms with Crippen LogP contribution in [0.3, 0.4) is 0 Å². The lowest BCUT2D eigenvalue weighted by Crippen LogP contribution is -2.70. The molecule has 1 rings (SSSR count). The molecule has 1 N–H and O–H groups in total. The Labute approximate surface area is 88.8 Å². The molecular formula is C8H10F3NO4. The molecule has 1 aliphatic rings. The van der Waals surface area contributed by atoms with Crippen LogP contribution in [0.15, 0.2) is 0 Å². The summed E-state index contributed by atoms with van der Waals surface area (Å²) < 4.78 is 41.0. The first kappa shape index (κ1) is 12.8. The number of likely N-dealkylation sites (tertiary alicyclic amines) is 1. The minimum atomic E-state index is -5.06. The number of ether oxygens (including phenoxy) is 1. The van der Waals surface area contributed by atoms with E-state index in [1.165, 1.54) is 7.11 Å². The van der Waals surface area contributed by atoms with Crippen molar-refractivity contribution in [1.82, 2.24) is 4.90 Å². The molecular weight excluding hydrogens is 231 g/mol. The van der Waals surface area contributed by atoms with Gasteiger partial charge in [-0.3, -0.25) is 4.79 Å². The van der Waals surface area contributed by atoms with Crippen LogP contribution in [0.25, 0.3) is 0 Å². The summed E-state index contributed by atoms with van der Waals surface area (Å²) in [4.78, 5) is 22.1. The van der Waals surface area contributed by atoms with Crippen LogP contribution in [-0.2, 0) is 14.3 Å². The van der Waals surface area contributed by atoms with Gasteiger partial charge in [-0.25, -0.2) is 4.79 Å². The third-order valence-corrected chi connectivity index (χ3v) is 2.53. The molecule has 1 saturated heterocycles. The molecule has 0 saturated carbocycles. The highest BCUT2D eigenvalue weighted by molar-refractivity contribution is 5.91. The Kier molecular flexibility index (Phi) is 3.13. The van der Waals surface area contributed by atoms with Gasteiger partial charge in [-0.15, -0.1) is 0 Å². The van der Waals surface area contributed by atoms with Crippen LogP contribution in [0.4, 0.5) is 13.2 Å². The van der Waals surface area contributed by atoms with Crippen molar-refractivity contribution in [2.75, 3.05) is 20.3 Å². The molecule has 0 aromatic heterocycles. The summed E-state index contributed by atoms with van der Waals surface area (Å²) in [5, 5.41) is 8.86. The summed E-state index contributed by atoms with van der Waals surface area (Å²) in [5.74, 6) is -3.63. The third-order valence-electron chi connectivity index (χ3n) is 2.53. The van der Waals surface area contributed by atoms with Crippen LogP contribution in [-0.4, -0.2) is 53.9 Å². The number of hydrogen-bond donors (Lipinski definition) is 1. The highest BCUT2D eigenvalue weighted by atomic mass is 19.4. The van der Waals surface area contributed by atoms with E-state index in [0.29, 0.717) is 4.90 Å². The lowest BCUT2D eigenvalue weighted by molar-refractivity contribution is -0.208. The number of carbonyl (C=O) groups is 2. The number of carbonyl (C=O) groups excluding carboxylic acids is 1. The number of methoxy groups -OCH3 is 1. The van der Waals surface area contributed by atoms with Crippen LogP contribution in [0.2, 0.25) is 0 Å². The highest BCUT2D eigenvalue weighted by Gasteiger charge is 2.59. The van der Waals surface area contributed by atoms with Crippen molar-refractivity contribution in [3.8, 4) is 0 Å². The molecule has 92 valence electrons. The summed E-state index contributed by atoms with van der Waals surface area (Å²) >= 11 is 0. The Balaban J connectivity index is 2.91. The maximum absolute atomic E-state index is 12.1. The lowest BCUT2D eigenvalue weighted by atomic mass is 9.85. The van der Waals surface area contributed by atoms with Crippen molar-refractivity contribution in [1.29, 1.82) is 0 Å². The van der Waals surface area contributed by atoms with Crippen molar-refractivity contribution in [3.05, 3.63) is 0 Å². The maximum atomic E-state index is 12.1. The Hall–Kier alpha value is -1.31. The lowest BCUT2D eigenvalue weighted by Gasteiger charge is -2.48. The van der Waals surface area contributed by atoms with Crippen LogP contribution in [0, 0.1) is 0 Å². The molecule has 1 amide bonds. The average Bonchev–Trinajstić information content (AvgIpc) is 2.09. The molecule has 1 fully saturated rings. The zero-order chi connectivity index (χ0) is 12.6. The molecule has 0 spiro atoms. The van der Waals surface area contributed by atoms with Gasteiger partial charge in [0.2, 0.25) is 0 Å². The zero-order valence-electron chi connectivity index (χ0n) is 8.37. The standard InChI is InChI=1S/C8H10F3NO4/c1-16-4-7(6(14)15)2-3-12(7)5(13)8(9,10)11/h2-4H2,1H3,(H,14,15). The Morgan fingerprint density at radius 3 is 2.31 bits per heavy atom. The number of hydrogen-bond acceptors (Lipinski definition) is 3. The molecule has 8 heteroatoms. The SMILES string of the molecule is COCC1(C(=O)O)CCN1C(=O)C(F)(F)F. The number of carboxylic acid groups (broad SMARTS) is 1. The van der Waals surface area contributed by atoms with Crippen molar-refractivity contribution >= 4 is 11.9 Å². The van der Waals surface area contributed by atoms with Crippen molar-refractivity contribution in [3.63, 3.8) is 0 Å². The van der Waals surface area contributed by atoms with Gasteiger partial charge in [0.25, 0.3) is 0 Å². The fourth-order valence-corrected chi connectivity index (χ4v) is 1.62. The molecule has 0 aromatic rings. The minimum absolute atomic E-state index is 0.0437. The van der Waals surface area contributed by atoms with Gasteiger partial charge in [-0.1, -0.05) is 0 Å². The highest BCUT2D eigenvalue weighted by Crippen LogP contribution is 2.35. The van der Waals surface area contributed by atoms with Crippen LogP contribution in [0.5, 0.6) is 0 Å². The van der Waals surface area contributed by atoms with Gasteiger partial charge < -0.3 is 14.7 Å². The molecule has 0 bridgehead atoms. The normalized spacial score (nSPS) is 25.1. The van der Waals surface area contributed by atoms with Crippen LogP contribution < -0.4 is 0 Å². The summed E-state index contributed by atoms with van der Waals surface area (Å²) in [5.41, 5.74) is -1.87. The first-order valence-electron chi connectivity index (χ1n) is 4.37. The fraction of sp³-hybridized carbons (Fsp3) is 0.750. The monoisotopic (exact) mass is 241 g/mol. The first-order valence-corrected chi connectivity index (χ1v) is 4.37. The van der Waals surface area contributed by atoms with Gasteiger partial charge in [-0.2, -0.15) is 13.2 Å². The van der Waals surface area contributed by atoms with Gasteiger partial charge in [0.15, 0.2) is 5.54 Å². The van der Waals surface area contributed by atoms with Crippen LogP contribution in [0.1, 0.15) is 6.42 Å². The summed E-state index contributed by atoms with van der Waals surface area (Å²) in [6.07, 6.45) is -5.10. The van der Waals surface area contributed by atoms with Crippen molar-refractivity contribution in [2.24, 2.45) is 0 Å². The summed E-state index contributed by atoms with van der Waals surface area (Å²) in [6.45, 7) is -0.682. The van der Waals surface area contributed by atoms with Gasteiger partial charge in [0.05, 0.1) is 6.61 Å². The molecule has 1 atom stereocenters. The van der Waals surface area contributed by atoms with Gasteiger partial charge in [-0.05, 0) is 0 Å². The van der Waals surface area contributed by atoms with Gasteiger partial charge in [0.1, 0.15) is 0 Å². The van der Waals surface area contributed by atoms with E-state index < -0.39 is 30.2 Å².